The molecule has 0 radical (unpaired) electrons. The van der Waals surface area contributed by atoms with Crippen LogP contribution in [0.1, 0.15) is 12.8 Å². The molecule has 2 unspecified atom stereocenters. The van der Waals surface area contributed by atoms with Crippen LogP contribution in [-0.2, 0) is 0 Å². The number of nitrogens with zero attached hydrogens (tertiary/aromatic N) is 1. The maximum absolute atomic E-state index is 13.3. The molecule has 0 aliphatic carbocycles. The SMILES string of the molecule is OC(COc1ccc(F)c(F)c1)CN(CC(O)COc1ccc(F)c(F)c1)C1CCNCC1. The van der Waals surface area contributed by atoms with Crippen molar-refractivity contribution in [3.05, 3.63) is 59.7 Å². The summed E-state index contributed by atoms with van der Waals surface area (Å²) in [4.78, 5) is 1.93. The van der Waals surface area contributed by atoms with E-state index in [4.69, 9.17) is 9.47 Å². The molecule has 6 nitrogen and oxygen atoms in total. The summed E-state index contributed by atoms with van der Waals surface area (Å²) in [6.45, 7) is 1.66. The van der Waals surface area contributed by atoms with Crippen LogP contribution in [0, 0.1) is 23.3 Å². The summed E-state index contributed by atoms with van der Waals surface area (Å²) in [5.41, 5.74) is 0. The summed E-state index contributed by atoms with van der Waals surface area (Å²) in [6.07, 6.45) is -0.277. The van der Waals surface area contributed by atoms with Gasteiger partial charge in [-0.25, -0.2) is 17.6 Å². The normalized spacial score (nSPS) is 16.6. The highest BCUT2D eigenvalue weighted by atomic mass is 19.2. The van der Waals surface area contributed by atoms with Crippen molar-refractivity contribution in [3.63, 3.8) is 0 Å². The molecule has 0 spiro atoms. The van der Waals surface area contributed by atoms with Gasteiger partial charge in [0.05, 0.1) is 0 Å². The van der Waals surface area contributed by atoms with Gasteiger partial charge in [0.25, 0.3) is 0 Å². The fourth-order valence-corrected chi connectivity index (χ4v) is 3.71. The predicted molar refractivity (Wildman–Crippen MR) is 113 cm³/mol. The lowest BCUT2D eigenvalue weighted by Crippen LogP contribution is -2.50. The predicted octanol–water partition coefficient (Wildman–Crippen LogP) is 2.48. The number of nitrogens with one attached hydrogen (secondary N) is 1. The second-order valence-electron chi connectivity index (χ2n) is 8.02. The van der Waals surface area contributed by atoms with Crippen molar-refractivity contribution >= 4 is 0 Å². The van der Waals surface area contributed by atoms with E-state index in [0.29, 0.717) is 0 Å². The van der Waals surface area contributed by atoms with E-state index in [1.54, 1.807) is 0 Å². The first-order valence-corrected chi connectivity index (χ1v) is 10.8. The number of piperidine rings is 1. The number of aliphatic hydroxyl groups excluding tert-OH is 2. The lowest BCUT2D eigenvalue weighted by atomic mass is 10.0. The number of aliphatic hydroxyl groups is 2. The van der Waals surface area contributed by atoms with Crippen LogP contribution in [0.2, 0.25) is 0 Å². The highest BCUT2D eigenvalue weighted by molar-refractivity contribution is 5.24. The van der Waals surface area contributed by atoms with Gasteiger partial charge in [0, 0.05) is 31.3 Å². The summed E-state index contributed by atoms with van der Waals surface area (Å²) < 4.78 is 63.5. The third kappa shape index (κ3) is 7.85. The Balaban J connectivity index is 1.54. The smallest absolute Gasteiger partial charge is 0.162 e. The third-order valence-corrected chi connectivity index (χ3v) is 5.38. The highest BCUT2D eigenvalue weighted by Gasteiger charge is 2.26. The number of rotatable bonds is 11. The lowest BCUT2D eigenvalue weighted by molar-refractivity contribution is 0.00795. The molecule has 2 aromatic rings. The molecule has 0 saturated carbocycles. The van der Waals surface area contributed by atoms with Crippen LogP contribution in [0.15, 0.2) is 36.4 Å². The first-order valence-electron chi connectivity index (χ1n) is 10.8. The third-order valence-electron chi connectivity index (χ3n) is 5.38. The number of ether oxygens (including phenoxy) is 2. The van der Waals surface area contributed by atoms with E-state index in [1.165, 1.54) is 12.1 Å². The van der Waals surface area contributed by atoms with E-state index in [-0.39, 0.29) is 43.8 Å². The maximum atomic E-state index is 13.3. The Labute approximate surface area is 189 Å². The molecular weight excluding hydrogens is 444 g/mol. The van der Waals surface area contributed by atoms with Gasteiger partial charge >= 0.3 is 0 Å². The molecule has 2 aromatic carbocycles. The molecule has 1 saturated heterocycles. The van der Waals surface area contributed by atoms with Gasteiger partial charge in [-0.2, -0.15) is 0 Å². The lowest BCUT2D eigenvalue weighted by Gasteiger charge is -2.36. The standard InChI is InChI=1S/C23H28F4N2O4/c24-20-3-1-18(9-22(20)26)32-13-16(30)11-29(15-5-7-28-8-6-15)12-17(31)14-33-19-2-4-21(25)23(27)10-19/h1-4,9-10,15-17,28,30-31H,5-8,11-14H2. The van der Waals surface area contributed by atoms with Gasteiger partial charge in [-0.3, -0.25) is 4.90 Å². The summed E-state index contributed by atoms with van der Waals surface area (Å²) in [5, 5.41) is 24.2. The van der Waals surface area contributed by atoms with Crippen molar-refractivity contribution in [2.75, 3.05) is 39.4 Å². The van der Waals surface area contributed by atoms with E-state index in [2.05, 4.69) is 5.32 Å². The Kier molecular flexibility index (Phi) is 9.30. The topological polar surface area (TPSA) is 74.2 Å². The van der Waals surface area contributed by atoms with Crippen molar-refractivity contribution in [2.24, 2.45) is 0 Å². The molecule has 10 heteroatoms. The van der Waals surface area contributed by atoms with Crippen molar-refractivity contribution in [2.45, 2.75) is 31.1 Å². The average molecular weight is 472 g/mol. The number of hydrogen-bond donors (Lipinski definition) is 3. The van der Waals surface area contributed by atoms with Crippen molar-refractivity contribution in [1.82, 2.24) is 10.2 Å². The Bertz CT molecular complexity index is 835. The Morgan fingerprint density at radius 1 is 0.788 bits per heavy atom. The molecule has 1 aliphatic rings. The van der Waals surface area contributed by atoms with Crippen LogP contribution in [0.5, 0.6) is 11.5 Å². The Morgan fingerprint density at radius 2 is 1.24 bits per heavy atom. The fraction of sp³-hybridized carbons (Fsp3) is 0.478. The zero-order valence-electron chi connectivity index (χ0n) is 18.0. The molecular formula is C23H28F4N2O4. The summed E-state index contributed by atoms with van der Waals surface area (Å²) in [5.74, 6) is -3.85. The van der Waals surface area contributed by atoms with Gasteiger partial charge < -0.3 is 25.0 Å². The molecule has 1 fully saturated rings. The van der Waals surface area contributed by atoms with Crippen molar-refractivity contribution in [1.29, 1.82) is 0 Å². The molecule has 1 heterocycles. The monoisotopic (exact) mass is 472 g/mol. The molecule has 0 amide bonds. The zero-order chi connectivity index (χ0) is 23.8. The second kappa shape index (κ2) is 12.2. The number of benzene rings is 2. The number of hydrogen-bond acceptors (Lipinski definition) is 6. The van der Waals surface area contributed by atoms with Crippen molar-refractivity contribution in [3.8, 4) is 11.5 Å². The molecule has 33 heavy (non-hydrogen) atoms. The van der Waals surface area contributed by atoms with Crippen LogP contribution in [0.3, 0.4) is 0 Å². The molecule has 1 aliphatic heterocycles. The van der Waals surface area contributed by atoms with Crippen LogP contribution in [-0.4, -0.2) is 72.8 Å². The minimum absolute atomic E-state index is 0.0985. The largest absolute Gasteiger partial charge is 0.491 e. The van der Waals surface area contributed by atoms with Gasteiger partial charge in [0.15, 0.2) is 23.3 Å². The van der Waals surface area contributed by atoms with Crippen LogP contribution in [0.4, 0.5) is 17.6 Å². The Morgan fingerprint density at radius 3 is 1.67 bits per heavy atom. The average Bonchev–Trinajstić information content (AvgIpc) is 2.81. The summed E-state index contributed by atoms with van der Waals surface area (Å²) >= 11 is 0. The van der Waals surface area contributed by atoms with E-state index in [1.807, 2.05) is 4.90 Å². The molecule has 3 rings (SSSR count). The quantitative estimate of drug-likeness (QED) is 0.437. The van der Waals surface area contributed by atoms with Crippen molar-refractivity contribution < 1.29 is 37.2 Å². The second-order valence-corrected chi connectivity index (χ2v) is 8.02. The first kappa shape index (κ1) is 25.2. The van der Waals surface area contributed by atoms with Gasteiger partial charge in [0.2, 0.25) is 0 Å². The first-order chi connectivity index (χ1) is 15.8. The fourth-order valence-electron chi connectivity index (χ4n) is 3.71. The van der Waals surface area contributed by atoms with Gasteiger partial charge in [-0.1, -0.05) is 0 Å². The number of halogens is 4. The van der Waals surface area contributed by atoms with Crippen LogP contribution >= 0.6 is 0 Å². The van der Waals surface area contributed by atoms with E-state index >= 15 is 0 Å². The summed E-state index contributed by atoms with van der Waals surface area (Å²) in [6, 6.07) is 6.35. The van der Waals surface area contributed by atoms with E-state index in [0.717, 1.165) is 50.2 Å². The summed E-state index contributed by atoms with van der Waals surface area (Å²) in [7, 11) is 0. The molecule has 182 valence electrons. The Hall–Kier alpha value is -2.40. The minimum atomic E-state index is -1.04. The molecule has 2 atom stereocenters. The maximum Gasteiger partial charge on any atom is 0.162 e. The van der Waals surface area contributed by atoms with Gasteiger partial charge in [-0.05, 0) is 50.2 Å². The van der Waals surface area contributed by atoms with E-state index < -0.39 is 35.5 Å². The minimum Gasteiger partial charge on any atom is -0.491 e. The van der Waals surface area contributed by atoms with Crippen LogP contribution in [0.25, 0.3) is 0 Å². The molecule has 3 N–H and O–H groups in total. The molecule has 0 bridgehead atoms. The molecule has 0 aromatic heterocycles. The highest BCUT2D eigenvalue weighted by Crippen LogP contribution is 2.18. The van der Waals surface area contributed by atoms with E-state index in [9.17, 15) is 27.8 Å². The van der Waals surface area contributed by atoms with Gasteiger partial charge in [0.1, 0.15) is 36.9 Å². The van der Waals surface area contributed by atoms with Crippen LogP contribution < -0.4 is 14.8 Å². The zero-order valence-corrected chi connectivity index (χ0v) is 18.0. The van der Waals surface area contributed by atoms with Gasteiger partial charge in [-0.15, -0.1) is 0 Å².